The highest BCUT2D eigenvalue weighted by Gasteiger charge is 2.27. The number of aliphatic hydroxyl groups excluding tert-OH is 1. The molecule has 0 saturated carbocycles. The number of rotatable bonds is 5. The molecule has 1 aromatic carbocycles. The molecular formula is C14H18BrNO3. The van der Waals surface area contributed by atoms with Gasteiger partial charge in [0.1, 0.15) is 5.75 Å². The fraction of sp³-hybridized carbons (Fsp3) is 0.500. The van der Waals surface area contributed by atoms with Gasteiger partial charge < -0.3 is 14.7 Å². The second kappa shape index (κ2) is 6.91. The summed E-state index contributed by atoms with van der Waals surface area (Å²) >= 11 is 3.37. The van der Waals surface area contributed by atoms with Gasteiger partial charge in [-0.2, -0.15) is 0 Å². The minimum absolute atomic E-state index is 0.00151. The maximum atomic E-state index is 12.0. The molecule has 1 amide bonds. The molecule has 0 bridgehead atoms. The first-order valence-electron chi connectivity index (χ1n) is 6.49. The van der Waals surface area contributed by atoms with Crippen molar-refractivity contribution < 1.29 is 14.6 Å². The van der Waals surface area contributed by atoms with Gasteiger partial charge in [-0.3, -0.25) is 4.79 Å². The minimum Gasteiger partial charge on any atom is -0.493 e. The molecular weight excluding hydrogens is 310 g/mol. The molecule has 0 radical (unpaired) electrons. The summed E-state index contributed by atoms with van der Waals surface area (Å²) < 4.78 is 6.50. The van der Waals surface area contributed by atoms with Gasteiger partial charge in [0.05, 0.1) is 25.7 Å². The summed E-state index contributed by atoms with van der Waals surface area (Å²) in [4.78, 5) is 13.8. The van der Waals surface area contributed by atoms with Crippen molar-refractivity contribution in [2.24, 2.45) is 0 Å². The lowest BCUT2D eigenvalue weighted by Gasteiger charge is -2.23. The lowest BCUT2D eigenvalue weighted by Crippen LogP contribution is -2.38. The van der Waals surface area contributed by atoms with E-state index in [-0.39, 0.29) is 18.6 Å². The fourth-order valence-corrected chi connectivity index (χ4v) is 2.69. The Bertz CT molecular complexity index is 438. The number of ether oxygens (including phenoxy) is 1. The molecule has 0 aromatic heterocycles. The van der Waals surface area contributed by atoms with E-state index in [4.69, 9.17) is 4.74 Å². The van der Waals surface area contributed by atoms with E-state index in [1.165, 1.54) is 0 Å². The van der Waals surface area contributed by atoms with Crippen LogP contribution < -0.4 is 4.74 Å². The molecule has 1 N–H and O–H groups in total. The van der Waals surface area contributed by atoms with E-state index in [9.17, 15) is 9.90 Å². The van der Waals surface area contributed by atoms with Gasteiger partial charge in [0.15, 0.2) is 0 Å². The van der Waals surface area contributed by atoms with E-state index in [0.29, 0.717) is 13.0 Å². The lowest BCUT2D eigenvalue weighted by atomic mass is 10.2. The predicted molar refractivity (Wildman–Crippen MR) is 76.1 cm³/mol. The van der Waals surface area contributed by atoms with Crippen LogP contribution >= 0.6 is 15.9 Å². The molecule has 1 aliphatic rings. The highest BCUT2D eigenvalue weighted by Crippen LogP contribution is 2.19. The molecule has 0 unspecified atom stereocenters. The van der Waals surface area contributed by atoms with Gasteiger partial charge in [0, 0.05) is 11.0 Å². The highest BCUT2D eigenvalue weighted by molar-refractivity contribution is 9.10. The van der Waals surface area contributed by atoms with Crippen molar-refractivity contribution in [3.05, 3.63) is 28.7 Å². The van der Waals surface area contributed by atoms with Crippen molar-refractivity contribution in [3.8, 4) is 5.75 Å². The fourth-order valence-electron chi connectivity index (χ4n) is 2.31. The zero-order valence-electron chi connectivity index (χ0n) is 10.7. The molecule has 4 nitrogen and oxygen atoms in total. The van der Waals surface area contributed by atoms with Gasteiger partial charge in [-0.05, 0) is 31.0 Å². The second-order valence-electron chi connectivity index (χ2n) is 4.62. The molecule has 1 aliphatic heterocycles. The van der Waals surface area contributed by atoms with Gasteiger partial charge in [-0.15, -0.1) is 0 Å². The number of benzene rings is 1. The van der Waals surface area contributed by atoms with Crippen LogP contribution in [0, 0.1) is 0 Å². The number of amides is 1. The third-order valence-electron chi connectivity index (χ3n) is 3.29. The first-order chi connectivity index (χ1) is 9.20. The molecule has 1 aromatic rings. The zero-order valence-corrected chi connectivity index (χ0v) is 12.3. The first kappa shape index (κ1) is 14.3. The van der Waals surface area contributed by atoms with Gasteiger partial charge >= 0.3 is 0 Å². The number of hydrogen-bond acceptors (Lipinski definition) is 3. The molecule has 1 saturated heterocycles. The standard InChI is InChI=1S/C14H18BrNO3/c15-11-3-1-5-13(9-11)19-8-6-14(18)16-7-2-4-12(16)10-17/h1,3,5,9,12,17H,2,4,6-8,10H2/t12-/m1/s1. The Balaban J connectivity index is 1.78. The number of carbonyl (C=O) groups excluding carboxylic acids is 1. The Morgan fingerprint density at radius 2 is 2.37 bits per heavy atom. The summed E-state index contributed by atoms with van der Waals surface area (Å²) in [6, 6.07) is 7.55. The average Bonchev–Trinajstić information content (AvgIpc) is 2.87. The molecule has 0 aliphatic carbocycles. The van der Waals surface area contributed by atoms with Crippen LogP contribution in [0.5, 0.6) is 5.75 Å². The van der Waals surface area contributed by atoms with E-state index < -0.39 is 0 Å². The number of likely N-dealkylation sites (tertiary alicyclic amines) is 1. The number of aliphatic hydroxyl groups is 1. The van der Waals surface area contributed by atoms with Crippen LogP contribution in [0.3, 0.4) is 0 Å². The maximum Gasteiger partial charge on any atom is 0.226 e. The Morgan fingerprint density at radius 3 is 3.11 bits per heavy atom. The van der Waals surface area contributed by atoms with Gasteiger partial charge in [0.2, 0.25) is 5.91 Å². The van der Waals surface area contributed by atoms with E-state index in [1.807, 2.05) is 24.3 Å². The van der Waals surface area contributed by atoms with Crippen LogP contribution in [0.4, 0.5) is 0 Å². The SMILES string of the molecule is O=C(CCOc1cccc(Br)c1)N1CCC[C@@H]1CO. The molecule has 0 spiro atoms. The Morgan fingerprint density at radius 1 is 1.53 bits per heavy atom. The van der Waals surface area contributed by atoms with Crippen molar-refractivity contribution >= 4 is 21.8 Å². The van der Waals surface area contributed by atoms with Crippen LogP contribution in [-0.4, -0.2) is 41.7 Å². The van der Waals surface area contributed by atoms with Crippen molar-refractivity contribution in [2.75, 3.05) is 19.8 Å². The Hall–Kier alpha value is -1.07. The van der Waals surface area contributed by atoms with E-state index >= 15 is 0 Å². The summed E-state index contributed by atoms with van der Waals surface area (Å²) in [5.41, 5.74) is 0. The minimum atomic E-state index is -0.00151. The Kier molecular flexibility index (Phi) is 5.22. The molecule has 1 heterocycles. The van der Waals surface area contributed by atoms with Gasteiger partial charge in [0.25, 0.3) is 0 Å². The maximum absolute atomic E-state index is 12.0. The van der Waals surface area contributed by atoms with Crippen LogP contribution in [0.25, 0.3) is 0 Å². The van der Waals surface area contributed by atoms with Crippen molar-refractivity contribution in [2.45, 2.75) is 25.3 Å². The summed E-state index contributed by atoms with van der Waals surface area (Å²) in [6.45, 7) is 1.17. The molecule has 1 atom stereocenters. The monoisotopic (exact) mass is 327 g/mol. The number of carbonyl (C=O) groups is 1. The van der Waals surface area contributed by atoms with Crippen LogP contribution in [0.1, 0.15) is 19.3 Å². The van der Waals surface area contributed by atoms with E-state index in [0.717, 1.165) is 29.6 Å². The smallest absolute Gasteiger partial charge is 0.226 e. The van der Waals surface area contributed by atoms with Crippen LogP contribution in [0.15, 0.2) is 28.7 Å². The number of nitrogens with zero attached hydrogens (tertiary/aromatic N) is 1. The molecule has 1 fully saturated rings. The summed E-state index contributed by atoms with van der Waals surface area (Å²) in [6.07, 6.45) is 2.22. The highest BCUT2D eigenvalue weighted by atomic mass is 79.9. The normalized spacial score (nSPS) is 18.6. The zero-order chi connectivity index (χ0) is 13.7. The quantitative estimate of drug-likeness (QED) is 0.902. The van der Waals surface area contributed by atoms with Gasteiger partial charge in [-0.1, -0.05) is 22.0 Å². The number of halogens is 1. The average molecular weight is 328 g/mol. The molecule has 104 valence electrons. The number of hydrogen-bond donors (Lipinski definition) is 1. The lowest BCUT2D eigenvalue weighted by molar-refractivity contribution is -0.133. The molecule has 19 heavy (non-hydrogen) atoms. The second-order valence-corrected chi connectivity index (χ2v) is 5.54. The first-order valence-corrected chi connectivity index (χ1v) is 7.28. The van der Waals surface area contributed by atoms with Crippen molar-refractivity contribution in [1.82, 2.24) is 4.90 Å². The van der Waals surface area contributed by atoms with Crippen molar-refractivity contribution in [1.29, 1.82) is 0 Å². The largest absolute Gasteiger partial charge is 0.493 e. The van der Waals surface area contributed by atoms with Crippen LogP contribution in [0.2, 0.25) is 0 Å². The summed E-state index contributed by atoms with van der Waals surface area (Å²) in [7, 11) is 0. The van der Waals surface area contributed by atoms with Gasteiger partial charge in [-0.25, -0.2) is 0 Å². The topological polar surface area (TPSA) is 49.8 Å². The third-order valence-corrected chi connectivity index (χ3v) is 3.78. The predicted octanol–water partition coefficient (Wildman–Crippen LogP) is 2.20. The summed E-state index contributed by atoms with van der Waals surface area (Å²) in [5, 5.41) is 9.19. The molecule has 5 heteroatoms. The summed E-state index contributed by atoms with van der Waals surface area (Å²) in [5.74, 6) is 0.814. The van der Waals surface area contributed by atoms with Crippen molar-refractivity contribution in [3.63, 3.8) is 0 Å². The van der Waals surface area contributed by atoms with Crippen LogP contribution in [-0.2, 0) is 4.79 Å². The molecule has 2 rings (SSSR count). The Labute approximate surface area is 121 Å². The van der Waals surface area contributed by atoms with E-state index in [1.54, 1.807) is 4.90 Å². The van der Waals surface area contributed by atoms with E-state index in [2.05, 4.69) is 15.9 Å². The third kappa shape index (κ3) is 3.94.